The molecule has 0 bridgehead atoms. The van der Waals surface area contributed by atoms with Gasteiger partial charge in [0.15, 0.2) is 5.82 Å². The lowest BCUT2D eigenvalue weighted by Gasteiger charge is -2.05. The third kappa shape index (κ3) is 3.13. The van der Waals surface area contributed by atoms with Crippen LogP contribution in [0.5, 0.6) is 0 Å². The molecule has 0 atom stereocenters. The van der Waals surface area contributed by atoms with Gasteiger partial charge in [-0.3, -0.25) is 5.10 Å². The molecule has 0 aliphatic carbocycles. The molecule has 4 nitrogen and oxygen atoms in total. The first-order valence-electron chi connectivity index (χ1n) is 5.79. The SMILES string of the molecule is CCc1n[nH]c(=S)n1/N=C\c1ccc(C(F)(F)F)cc1. The maximum Gasteiger partial charge on any atom is 0.416 e. The van der Waals surface area contributed by atoms with Gasteiger partial charge < -0.3 is 0 Å². The summed E-state index contributed by atoms with van der Waals surface area (Å²) in [6.45, 7) is 1.90. The Bertz CT molecular complexity index is 667. The first-order valence-corrected chi connectivity index (χ1v) is 6.20. The van der Waals surface area contributed by atoms with E-state index in [9.17, 15) is 13.2 Å². The highest BCUT2D eigenvalue weighted by molar-refractivity contribution is 7.71. The van der Waals surface area contributed by atoms with Gasteiger partial charge in [-0.15, -0.1) is 0 Å². The maximum absolute atomic E-state index is 12.4. The van der Waals surface area contributed by atoms with Gasteiger partial charge in [-0.05, 0) is 29.9 Å². The summed E-state index contributed by atoms with van der Waals surface area (Å²) >= 11 is 5.01. The second kappa shape index (κ2) is 5.58. The summed E-state index contributed by atoms with van der Waals surface area (Å²) < 4.78 is 39.0. The summed E-state index contributed by atoms with van der Waals surface area (Å²) in [6.07, 6.45) is -2.26. The maximum atomic E-state index is 12.4. The number of halogens is 3. The predicted octanol–water partition coefficient (Wildman–Crippen LogP) is 3.40. The Morgan fingerprint density at radius 2 is 2.00 bits per heavy atom. The smallest absolute Gasteiger partial charge is 0.250 e. The average Bonchev–Trinajstić information content (AvgIpc) is 2.76. The van der Waals surface area contributed by atoms with Crippen LogP contribution >= 0.6 is 12.2 Å². The van der Waals surface area contributed by atoms with Crippen LogP contribution in [0.1, 0.15) is 23.9 Å². The lowest BCUT2D eigenvalue weighted by molar-refractivity contribution is -0.137. The summed E-state index contributed by atoms with van der Waals surface area (Å²) in [5.41, 5.74) is -0.146. The van der Waals surface area contributed by atoms with Gasteiger partial charge in [0.25, 0.3) is 0 Å². The highest BCUT2D eigenvalue weighted by atomic mass is 32.1. The molecule has 0 saturated heterocycles. The first kappa shape index (κ1) is 14.4. The van der Waals surface area contributed by atoms with E-state index in [0.29, 0.717) is 22.6 Å². The molecule has 0 aliphatic heterocycles. The van der Waals surface area contributed by atoms with Crippen LogP contribution in [0.3, 0.4) is 0 Å². The quantitative estimate of drug-likeness (QED) is 0.697. The third-order valence-corrected chi connectivity index (χ3v) is 2.86. The van der Waals surface area contributed by atoms with Crippen LogP contribution in [0, 0.1) is 4.77 Å². The topological polar surface area (TPSA) is 46.0 Å². The Morgan fingerprint density at radius 1 is 1.35 bits per heavy atom. The summed E-state index contributed by atoms with van der Waals surface area (Å²) in [5, 5.41) is 10.7. The number of H-pyrrole nitrogens is 1. The summed E-state index contributed by atoms with van der Waals surface area (Å²) in [4.78, 5) is 0. The van der Waals surface area contributed by atoms with Crippen LogP contribution in [0.4, 0.5) is 13.2 Å². The number of rotatable bonds is 3. The molecule has 0 unspecified atom stereocenters. The van der Waals surface area contributed by atoms with Crippen LogP contribution in [0.25, 0.3) is 0 Å². The number of benzene rings is 1. The van der Waals surface area contributed by atoms with Crippen LogP contribution in [0.2, 0.25) is 0 Å². The second-order valence-electron chi connectivity index (χ2n) is 3.97. The lowest BCUT2D eigenvalue weighted by atomic mass is 10.1. The molecule has 1 heterocycles. The van der Waals surface area contributed by atoms with Crippen molar-refractivity contribution in [1.82, 2.24) is 14.9 Å². The van der Waals surface area contributed by atoms with Crippen molar-refractivity contribution in [3.8, 4) is 0 Å². The van der Waals surface area contributed by atoms with Gasteiger partial charge in [-0.2, -0.15) is 28.0 Å². The molecule has 0 aliphatic rings. The standard InChI is InChI=1S/C12H11F3N4S/c1-2-10-17-18-11(20)19(10)16-7-8-3-5-9(6-4-8)12(13,14)15/h3-7H,2H2,1H3,(H,18,20)/b16-7-. The molecule has 0 saturated carbocycles. The van der Waals surface area contributed by atoms with Crippen molar-refractivity contribution in [2.75, 3.05) is 0 Å². The molecular weight excluding hydrogens is 289 g/mol. The van der Waals surface area contributed by atoms with E-state index >= 15 is 0 Å². The Morgan fingerprint density at radius 3 is 2.55 bits per heavy atom. The van der Waals surface area contributed by atoms with Crippen molar-refractivity contribution in [3.05, 3.63) is 46.0 Å². The third-order valence-electron chi connectivity index (χ3n) is 2.59. The fourth-order valence-corrected chi connectivity index (χ4v) is 1.75. The van der Waals surface area contributed by atoms with E-state index in [-0.39, 0.29) is 0 Å². The van der Waals surface area contributed by atoms with E-state index in [4.69, 9.17) is 12.2 Å². The van der Waals surface area contributed by atoms with Gasteiger partial charge in [0.05, 0.1) is 11.8 Å². The molecule has 106 valence electrons. The second-order valence-corrected chi connectivity index (χ2v) is 4.36. The van der Waals surface area contributed by atoms with Gasteiger partial charge in [0.2, 0.25) is 4.77 Å². The molecule has 2 rings (SSSR count). The number of aromatic nitrogens is 3. The fourth-order valence-electron chi connectivity index (χ4n) is 1.55. The molecular formula is C12H11F3N4S. The van der Waals surface area contributed by atoms with Crippen molar-refractivity contribution in [2.45, 2.75) is 19.5 Å². The number of aromatic amines is 1. The molecule has 1 aromatic heterocycles. The van der Waals surface area contributed by atoms with Gasteiger partial charge in [0, 0.05) is 6.42 Å². The summed E-state index contributed by atoms with van der Waals surface area (Å²) in [5.74, 6) is 0.651. The van der Waals surface area contributed by atoms with Crippen molar-refractivity contribution in [2.24, 2.45) is 5.10 Å². The monoisotopic (exact) mass is 300 g/mol. The van der Waals surface area contributed by atoms with Gasteiger partial charge in [0.1, 0.15) is 0 Å². The van der Waals surface area contributed by atoms with Crippen LogP contribution in [-0.4, -0.2) is 21.1 Å². The Kier molecular flexibility index (Phi) is 4.03. The Hall–Kier alpha value is -1.96. The van der Waals surface area contributed by atoms with Gasteiger partial charge in [-0.25, -0.2) is 0 Å². The van der Waals surface area contributed by atoms with Crippen molar-refractivity contribution >= 4 is 18.4 Å². The lowest BCUT2D eigenvalue weighted by Crippen LogP contribution is -2.04. The minimum absolute atomic E-state index is 0.338. The molecule has 8 heteroatoms. The summed E-state index contributed by atoms with van der Waals surface area (Å²) in [7, 11) is 0. The highest BCUT2D eigenvalue weighted by Crippen LogP contribution is 2.28. The van der Waals surface area contributed by atoms with Crippen molar-refractivity contribution in [3.63, 3.8) is 0 Å². The molecule has 0 radical (unpaired) electrons. The Labute approximate surface area is 117 Å². The van der Waals surface area contributed by atoms with Crippen LogP contribution in [-0.2, 0) is 12.6 Å². The number of nitrogens with one attached hydrogen (secondary N) is 1. The number of hydrogen-bond donors (Lipinski definition) is 1. The van der Waals surface area contributed by atoms with E-state index in [1.54, 1.807) is 0 Å². The zero-order valence-electron chi connectivity index (χ0n) is 10.5. The molecule has 1 aromatic carbocycles. The molecule has 1 N–H and O–H groups in total. The molecule has 2 aromatic rings. The fraction of sp³-hybridized carbons (Fsp3) is 0.250. The molecule has 0 amide bonds. The molecule has 0 fully saturated rings. The van der Waals surface area contributed by atoms with Crippen molar-refractivity contribution in [1.29, 1.82) is 0 Å². The first-order chi connectivity index (χ1) is 9.41. The van der Waals surface area contributed by atoms with E-state index < -0.39 is 11.7 Å². The van der Waals surface area contributed by atoms with E-state index in [1.165, 1.54) is 23.0 Å². The summed E-state index contributed by atoms with van der Waals surface area (Å²) in [6, 6.07) is 4.72. The number of alkyl halides is 3. The van der Waals surface area contributed by atoms with E-state index in [1.807, 2.05) is 6.92 Å². The minimum Gasteiger partial charge on any atom is -0.250 e. The van der Waals surface area contributed by atoms with Crippen LogP contribution < -0.4 is 0 Å². The zero-order chi connectivity index (χ0) is 14.8. The highest BCUT2D eigenvalue weighted by Gasteiger charge is 2.29. The van der Waals surface area contributed by atoms with Crippen molar-refractivity contribution < 1.29 is 13.2 Å². The molecule has 0 spiro atoms. The number of aryl methyl sites for hydroxylation is 1. The number of hydrogen-bond acceptors (Lipinski definition) is 3. The predicted molar refractivity (Wildman–Crippen MR) is 71.2 cm³/mol. The molecule has 20 heavy (non-hydrogen) atoms. The van der Waals surface area contributed by atoms with E-state index in [0.717, 1.165) is 12.1 Å². The van der Waals surface area contributed by atoms with Gasteiger partial charge >= 0.3 is 6.18 Å². The Balaban J connectivity index is 2.24. The normalized spacial score (nSPS) is 12.2. The van der Waals surface area contributed by atoms with E-state index in [2.05, 4.69) is 15.3 Å². The van der Waals surface area contributed by atoms with Crippen LogP contribution in [0.15, 0.2) is 29.4 Å². The average molecular weight is 300 g/mol. The zero-order valence-corrected chi connectivity index (χ0v) is 11.3. The largest absolute Gasteiger partial charge is 0.416 e. The number of nitrogens with zero attached hydrogens (tertiary/aromatic N) is 3. The minimum atomic E-state index is -4.34. The van der Waals surface area contributed by atoms with Gasteiger partial charge in [-0.1, -0.05) is 19.1 Å².